The molecule has 1 heterocycles. The summed E-state index contributed by atoms with van der Waals surface area (Å²) in [5.41, 5.74) is 8.37. The molecule has 18 heavy (non-hydrogen) atoms. The van der Waals surface area contributed by atoms with Crippen molar-refractivity contribution < 1.29 is 9.47 Å². The maximum atomic E-state index is 6.27. The largest absolute Gasteiger partial charge is 0.497 e. The Bertz CT molecular complexity index is 519. The van der Waals surface area contributed by atoms with E-state index >= 15 is 0 Å². The van der Waals surface area contributed by atoms with Gasteiger partial charge in [0.1, 0.15) is 11.5 Å². The van der Waals surface area contributed by atoms with Crippen molar-refractivity contribution in [3.05, 3.63) is 43.7 Å². The van der Waals surface area contributed by atoms with Gasteiger partial charge in [-0.05, 0) is 57.3 Å². The Labute approximate surface area is 124 Å². The van der Waals surface area contributed by atoms with Gasteiger partial charge in [-0.3, -0.25) is 0 Å². The molecule has 1 unspecified atom stereocenters. The lowest BCUT2D eigenvalue weighted by molar-refractivity contribution is 0.393. The van der Waals surface area contributed by atoms with Crippen LogP contribution in [0.2, 0.25) is 0 Å². The summed E-state index contributed by atoms with van der Waals surface area (Å²) in [6.07, 6.45) is 0. The van der Waals surface area contributed by atoms with Crippen molar-refractivity contribution in [3.8, 4) is 11.5 Å². The Morgan fingerprint density at radius 3 is 2.11 bits per heavy atom. The van der Waals surface area contributed by atoms with Crippen molar-refractivity contribution in [2.45, 2.75) is 6.04 Å². The predicted octanol–water partition coefficient (Wildman–Crippen LogP) is 3.42. The van der Waals surface area contributed by atoms with E-state index in [0.29, 0.717) is 0 Å². The molecule has 1 aromatic heterocycles. The van der Waals surface area contributed by atoms with E-state index in [9.17, 15) is 0 Å². The summed E-state index contributed by atoms with van der Waals surface area (Å²) in [6, 6.07) is 7.67. The number of thiophene rings is 1. The lowest BCUT2D eigenvalue weighted by atomic mass is 10.0. The van der Waals surface area contributed by atoms with Gasteiger partial charge in [-0.25, -0.2) is 0 Å². The fraction of sp³-hybridized carbons (Fsp3) is 0.231. The summed E-state index contributed by atoms with van der Waals surface area (Å²) in [6.45, 7) is 0. The monoisotopic (exact) mass is 375 g/mol. The van der Waals surface area contributed by atoms with Crippen molar-refractivity contribution in [1.82, 2.24) is 0 Å². The van der Waals surface area contributed by atoms with E-state index in [4.69, 9.17) is 15.2 Å². The SMILES string of the molecule is COc1cc(OC)cc(C(N)c2csc(I)c2)c1. The van der Waals surface area contributed by atoms with E-state index < -0.39 is 0 Å². The maximum Gasteiger partial charge on any atom is 0.122 e. The van der Waals surface area contributed by atoms with E-state index in [1.165, 1.54) is 2.88 Å². The van der Waals surface area contributed by atoms with Crippen molar-refractivity contribution >= 4 is 33.9 Å². The second-order valence-corrected chi connectivity index (χ2v) is 6.61. The molecule has 0 fully saturated rings. The molecule has 0 spiro atoms. The first kappa shape index (κ1) is 13.6. The quantitative estimate of drug-likeness (QED) is 0.833. The minimum atomic E-state index is -0.159. The summed E-state index contributed by atoms with van der Waals surface area (Å²) in [5, 5.41) is 2.08. The first-order valence-electron chi connectivity index (χ1n) is 5.36. The normalized spacial score (nSPS) is 12.2. The minimum Gasteiger partial charge on any atom is -0.497 e. The van der Waals surface area contributed by atoms with Crippen molar-refractivity contribution in [3.63, 3.8) is 0 Å². The molecule has 0 aliphatic rings. The summed E-state index contributed by atoms with van der Waals surface area (Å²) in [4.78, 5) is 0. The maximum absolute atomic E-state index is 6.27. The molecule has 0 saturated heterocycles. The Morgan fingerprint density at radius 1 is 1.06 bits per heavy atom. The van der Waals surface area contributed by atoms with E-state index in [2.05, 4.69) is 34.0 Å². The summed E-state index contributed by atoms with van der Waals surface area (Å²) < 4.78 is 11.7. The zero-order chi connectivity index (χ0) is 13.1. The van der Waals surface area contributed by atoms with E-state index in [1.807, 2.05) is 18.2 Å². The number of methoxy groups -OCH3 is 2. The van der Waals surface area contributed by atoms with Gasteiger partial charge in [-0.15, -0.1) is 11.3 Å². The van der Waals surface area contributed by atoms with Crippen LogP contribution in [0.15, 0.2) is 29.6 Å². The minimum absolute atomic E-state index is 0.159. The molecule has 0 aliphatic heterocycles. The number of rotatable bonds is 4. The topological polar surface area (TPSA) is 44.5 Å². The highest BCUT2D eigenvalue weighted by Gasteiger charge is 2.13. The van der Waals surface area contributed by atoms with Gasteiger partial charge >= 0.3 is 0 Å². The molecule has 2 aromatic rings. The zero-order valence-corrected chi connectivity index (χ0v) is 13.1. The number of hydrogen-bond donors (Lipinski definition) is 1. The summed E-state index contributed by atoms with van der Waals surface area (Å²) in [7, 11) is 3.27. The number of hydrogen-bond acceptors (Lipinski definition) is 4. The van der Waals surface area contributed by atoms with Gasteiger partial charge in [0.25, 0.3) is 0 Å². The van der Waals surface area contributed by atoms with Gasteiger partial charge < -0.3 is 15.2 Å². The zero-order valence-electron chi connectivity index (χ0n) is 10.1. The molecule has 2 N–H and O–H groups in total. The van der Waals surface area contributed by atoms with Crippen LogP contribution < -0.4 is 15.2 Å². The fourth-order valence-electron chi connectivity index (χ4n) is 1.69. The second-order valence-electron chi connectivity index (χ2n) is 3.81. The Hall–Kier alpha value is -0.790. The average Bonchev–Trinajstić information content (AvgIpc) is 2.83. The highest BCUT2D eigenvalue weighted by atomic mass is 127. The van der Waals surface area contributed by atoms with Crippen molar-refractivity contribution in [2.24, 2.45) is 5.73 Å². The van der Waals surface area contributed by atoms with Crippen LogP contribution in [0.4, 0.5) is 0 Å². The Balaban J connectivity index is 2.37. The number of ether oxygens (including phenoxy) is 2. The Morgan fingerprint density at radius 2 is 1.67 bits per heavy atom. The van der Waals surface area contributed by atoms with Crippen molar-refractivity contribution in [2.75, 3.05) is 14.2 Å². The molecule has 5 heteroatoms. The first-order chi connectivity index (χ1) is 8.63. The third kappa shape index (κ3) is 2.96. The highest BCUT2D eigenvalue weighted by Crippen LogP contribution is 2.30. The van der Waals surface area contributed by atoms with Crippen molar-refractivity contribution in [1.29, 1.82) is 0 Å². The molecule has 0 aliphatic carbocycles. The third-order valence-electron chi connectivity index (χ3n) is 2.68. The predicted molar refractivity (Wildman–Crippen MR) is 82.6 cm³/mol. The highest BCUT2D eigenvalue weighted by molar-refractivity contribution is 14.1. The molecular formula is C13H14INO2S. The van der Waals surface area contributed by atoms with Gasteiger partial charge in [-0.1, -0.05) is 0 Å². The van der Waals surface area contributed by atoms with Crippen LogP contribution in [0.5, 0.6) is 11.5 Å². The van der Waals surface area contributed by atoms with Gasteiger partial charge in [0.2, 0.25) is 0 Å². The molecule has 3 nitrogen and oxygen atoms in total. The van der Waals surface area contributed by atoms with Crippen LogP contribution in [0.25, 0.3) is 0 Å². The lowest BCUT2D eigenvalue weighted by Gasteiger charge is -2.13. The summed E-state index contributed by atoms with van der Waals surface area (Å²) >= 11 is 3.99. The van der Waals surface area contributed by atoms with E-state index in [1.54, 1.807) is 25.6 Å². The lowest BCUT2D eigenvalue weighted by Crippen LogP contribution is -2.11. The standard InChI is InChI=1S/C13H14INO2S/c1-16-10-3-8(4-11(6-10)17-2)13(15)9-5-12(14)18-7-9/h3-7,13H,15H2,1-2H3. The Kier molecular flexibility index (Phi) is 4.47. The smallest absolute Gasteiger partial charge is 0.122 e. The molecule has 1 atom stereocenters. The van der Waals surface area contributed by atoms with Crippen LogP contribution >= 0.6 is 33.9 Å². The van der Waals surface area contributed by atoms with Crippen LogP contribution in [-0.2, 0) is 0 Å². The summed E-state index contributed by atoms with van der Waals surface area (Å²) in [5.74, 6) is 1.51. The first-order valence-corrected chi connectivity index (χ1v) is 7.32. The number of benzene rings is 1. The van der Waals surface area contributed by atoms with Crippen LogP contribution in [0.3, 0.4) is 0 Å². The van der Waals surface area contributed by atoms with Gasteiger partial charge in [-0.2, -0.15) is 0 Å². The van der Waals surface area contributed by atoms with Gasteiger partial charge in [0.15, 0.2) is 0 Å². The molecule has 0 amide bonds. The molecule has 0 bridgehead atoms. The van der Waals surface area contributed by atoms with E-state index in [-0.39, 0.29) is 6.04 Å². The van der Waals surface area contributed by atoms with Crippen LogP contribution in [0, 0.1) is 2.88 Å². The molecular weight excluding hydrogens is 361 g/mol. The average molecular weight is 375 g/mol. The van der Waals surface area contributed by atoms with E-state index in [0.717, 1.165) is 22.6 Å². The second kappa shape index (κ2) is 5.90. The van der Waals surface area contributed by atoms with Gasteiger partial charge in [0, 0.05) is 6.07 Å². The third-order valence-corrected chi connectivity index (χ3v) is 4.49. The molecule has 1 aromatic carbocycles. The molecule has 0 radical (unpaired) electrons. The van der Waals surface area contributed by atoms with Crippen LogP contribution in [-0.4, -0.2) is 14.2 Å². The number of nitrogens with two attached hydrogens (primary N) is 1. The molecule has 2 rings (SSSR count). The molecule has 0 saturated carbocycles. The van der Waals surface area contributed by atoms with Gasteiger partial charge in [0.05, 0.1) is 23.1 Å². The van der Waals surface area contributed by atoms with Crippen LogP contribution in [0.1, 0.15) is 17.2 Å². The molecule has 96 valence electrons. The fourth-order valence-corrected chi connectivity index (χ4v) is 3.10. The number of halogens is 1.